The summed E-state index contributed by atoms with van der Waals surface area (Å²) in [5.74, 6) is 1.03. The number of methoxy groups -OCH3 is 1. The van der Waals surface area contributed by atoms with E-state index < -0.39 is 6.04 Å². The summed E-state index contributed by atoms with van der Waals surface area (Å²) in [5.41, 5.74) is 0.445. The molecule has 25 heavy (non-hydrogen) atoms. The lowest BCUT2D eigenvalue weighted by Gasteiger charge is -2.34. The van der Waals surface area contributed by atoms with Gasteiger partial charge >= 0.3 is 0 Å². The topological polar surface area (TPSA) is 70.7 Å². The van der Waals surface area contributed by atoms with Crippen LogP contribution in [-0.4, -0.2) is 67.6 Å². The highest BCUT2D eigenvalue weighted by Gasteiger charge is 2.29. The van der Waals surface area contributed by atoms with Crippen molar-refractivity contribution in [2.75, 3.05) is 38.8 Å². The Kier molecular flexibility index (Phi) is 7.58. The Morgan fingerprint density at radius 2 is 2.20 bits per heavy atom. The van der Waals surface area contributed by atoms with Gasteiger partial charge in [-0.1, -0.05) is 12.1 Å². The molecular formula is C18H27N3O3S. The first kappa shape index (κ1) is 19.6. The number of ether oxygens (including phenoxy) is 1. The van der Waals surface area contributed by atoms with Gasteiger partial charge in [0, 0.05) is 25.7 Å². The molecule has 1 aromatic carbocycles. The van der Waals surface area contributed by atoms with E-state index in [1.807, 2.05) is 17.2 Å². The largest absolute Gasteiger partial charge is 0.496 e. The number of benzene rings is 1. The highest BCUT2D eigenvalue weighted by Crippen LogP contribution is 2.18. The lowest BCUT2D eigenvalue weighted by molar-refractivity contribution is -0.134. The average molecular weight is 365 g/mol. The van der Waals surface area contributed by atoms with E-state index in [1.54, 1.807) is 30.0 Å². The number of para-hydroxylation sites is 1. The summed E-state index contributed by atoms with van der Waals surface area (Å²) in [4.78, 5) is 27.4. The molecule has 0 bridgehead atoms. The second-order valence-electron chi connectivity index (χ2n) is 6.15. The Bertz CT molecular complexity index is 597. The van der Waals surface area contributed by atoms with Crippen molar-refractivity contribution < 1.29 is 14.3 Å². The third-order valence-electron chi connectivity index (χ3n) is 4.25. The molecule has 1 aliphatic rings. The molecule has 138 valence electrons. The van der Waals surface area contributed by atoms with Crippen molar-refractivity contribution in [2.24, 2.45) is 0 Å². The third kappa shape index (κ3) is 5.37. The number of nitrogens with zero attached hydrogens (tertiary/aromatic N) is 1. The molecule has 2 amide bonds. The Balaban J connectivity index is 2.11. The van der Waals surface area contributed by atoms with Crippen LogP contribution in [0.5, 0.6) is 5.75 Å². The van der Waals surface area contributed by atoms with Crippen molar-refractivity contribution >= 4 is 23.6 Å². The van der Waals surface area contributed by atoms with Crippen LogP contribution in [0.15, 0.2) is 24.3 Å². The molecule has 7 heteroatoms. The molecule has 0 radical (unpaired) electrons. The van der Waals surface area contributed by atoms with Gasteiger partial charge in [0.25, 0.3) is 5.91 Å². The molecule has 2 rings (SSSR count). The minimum Gasteiger partial charge on any atom is -0.496 e. The zero-order valence-corrected chi connectivity index (χ0v) is 15.9. The van der Waals surface area contributed by atoms with Crippen LogP contribution in [0, 0.1) is 0 Å². The fourth-order valence-electron chi connectivity index (χ4n) is 2.91. The first-order chi connectivity index (χ1) is 12.1. The van der Waals surface area contributed by atoms with E-state index in [2.05, 4.69) is 17.6 Å². The first-order valence-corrected chi connectivity index (χ1v) is 9.91. The van der Waals surface area contributed by atoms with E-state index in [9.17, 15) is 9.59 Å². The molecule has 1 saturated heterocycles. The maximum absolute atomic E-state index is 12.9. The lowest BCUT2D eigenvalue weighted by Crippen LogP contribution is -2.56. The van der Waals surface area contributed by atoms with Crippen LogP contribution in [-0.2, 0) is 4.79 Å². The second kappa shape index (κ2) is 9.68. The summed E-state index contributed by atoms with van der Waals surface area (Å²) in [6, 6.07) is 6.80. The highest BCUT2D eigenvalue weighted by molar-refractivity contribution is 7.98. The molecular weight excluding hydrogens is 338 g/mol. The fraction of sp³-hybridized carbons (Fsp3) is 0.556. The van der Waals surface area contributed by atoms with Crippen molar-refractivity contribution in [2.45, 2.75) is 25.4 Å². The predicted octanol–water partition coefficient (Wildman–Crippen LogP) is 1.37. The zero-order valence-electron chi connectivity index (χ0n) is 15.1. The van der Waals surface area contributed by atoms with Crippen LogP contribution >= 0.6 is 11.8 Å². The number of carbonyl (C=O) groups excluding carboxylic acids is 2. The number of carbonyl (C=O) groups is 2. The first-order valence-electron chi connectivity index (χ1n) is 8.51. The second-order valence-corrected chi connectivity index (χ2v) is 7.13. The van der Waals surface area contributed by atoms with Crippen molar-refractivity contribution in [1.82, 2.24) is 15.5 Å². The van der Waals surface area contributed by atoms with Crippen molar-refractivity contribution in [3.8, 4) is 5.75 Å². The van der Waals surface area contributed by atoms with Crippen LogP contribution < -0.4 is 15.4 Å². The van der Waals surface area contributed by atoms with Gasteiger partial charge in [-0.15, -0.1) is 0 Å². The van der Waals surface area contributed by atoms with Crippen molar-refractivity contribution in [3.63, 3.8) is 0 Å². The minimum atomic E-state index is -0.518. The van der Waals surface area contributed by atoms with Gasteiger partial charge in [0.05, 0.1) is 12.7 Å². The van der Waals surface area contributed by atoms with Crippen LogP contribution in [0.4, 0.5) is 0 Å². The Hall–Kier alpha value is -1.73. The van der Waals surface area contributed by atoms with Gasteiger partial charge < -0.3 is 20.3 Å². The lowest BCUT2D eigenvalue weighted by atomic mass is 10.1. The number of rotatable bonds is 7. The van der Waals surface area contributed by atoms with Crippen molar-refractivity contribution in [3.05, 3.63) is 29.8 Å². The van der Waals surface area contributed by atoms with E-state index in [0.29, 0.717) is 30.8 Å². The summed E-state index contributed by atoms with van der Waals surface area (Å²) in [5, 5.41) is 6.24. The number of hydrogen-bond donors (Lipinski definition) is 2. The van der Waals surface area contributed by atoms with Gasteiger partial charge in [-0.2, -0.15) is 11.8 Å². The fourth-order valence-corrected chi connectivity index (χ4v) is 3.39. The molecule has 6 nitrogen and oxygen atoms in total. The predicted molar refractivity (Wildman–Crippen MR) is 101 cm³/mol. The summed E-state index contributed by atoms with van der Waals surface area (Å²) in [6.45, 7) is 4.18. The number of thioether (sulfide) groups is 1. The molecule has 0 spiro atoms. The van der Waals surface area contributed by atoms with Crippen LogP contribution in [0.3, 0.4) is 0 Å². The number of piperazine rings is 1. The van der Waals surface area contributed by atoms with Gasteiger partial charge in [-0.3, -0.25) is 9.59 Å². The molecule has 1 unspecified atom stereocenters. The standard InChI is InChI=1S/C18H27N3O3S/c1-13-12-21(10-9-19-13)18(23)15(8-11-25-3)20-17(22)14-6-4-5-7-16(14)24-2/h4-7,13,15,19H,8-12H2,1-3H3,(H,20,22)/t13-,15?/m1/s1. The Morgan fingerprint density at radius 1 is 1.44 bits per heavy atom. The summed E-state index contributed by atoms with van der Waals surface area (Å²) in [6.07, 6.45) is 2.61. The molecule has 0 saturated carbocycles. The normalized spacial score (nSPS) is 18.5. The highest BCUT2D eigenvalue weighted by atomic mass is 32.2. The van der Waals surface area contributed by atoms with Crippen LogP contribution in [0.25, 0.3) is 0 Å². The van der Waals surface area contributed by atoms with E-state index in [1.165, 1.54) is 7.11 Å². The van der Waals surface area contributed by atoms with Gasteiger partial charge in [0.1, 0.15) is 11.8 Å². The monoisotopic (exact) mass is 365 g/mol. The molecule has 1 aliphatic heterocycles. The van der Waals surface area contributed by atoms with E-state index >= 15 is 0 Å². The van der Waals surface area contributed by atoms with Crippen molar-refractivity contribution in [1.29, 1.82) is 0 Å². The Labute approximate surface area is 153 Å². The molecule has 1 fully saturated rings. The summed E-state index contributed by atoms with van der Waals surface area (Å²) >= 11 is 1.67. The van der Waals surface area contributed by atoms with E-state index in [4.69, 9.17) is 4.74 Å². The van der Waals surface area contributed by atoms with Gasteiger partial charge in [-0.25, -0.2) is 0 Å². The quantitative estimate of drug-likeness (QED) is 0.764. The SMILES string of the molecule is COc1ccccc1C(=O)NC(CCSC)C(=O)N1CCN[C@H](C)C1. The minimum absolute atomic E-state index is 0.00866. The molecule has 0 aromatic heterocycles. The van der Waals surface area contributed by atoms with Gasteiger partial charge in [0.15, 0.2) is 0 Å². The molecule has 1 aromatic rings. The maximum atomic E-state index is 12.9. The molecule has 2 N–H and O–H groups in total. The maximum Gasteiger partial charge on any atom is 0.255 e. The number of nitrogens with one attached hydrogen (secondary N) is 2. The number of hydrogen-bond acceptors (Lipinski definition) is 5. The van der Waals surface area contributed by atoms with E-state index in [0.717, 1.165) is 12.3 Å². The zero-order chi connectivity index (χ0) is 18.2. The van der Waals surface area contributed by atoms with Crippen LogP contribution in [0.1, 0.15) is 23.7 Å². The van der Waals surface area contributed by atoms with E-state index in [-0.39, 0.29) is 17.9 Å². The summed E-state index contributed by atoms with van der Waals surface area (Å²) < 4.78 is 5.25. The van der Waals surface area contributed by atoms with Crippen LogP contribution in [0.2, 0.25) is 0 Å². The molecule has 0 aliphatic carbocycles. The van der Waals surface area contributed by atoms with Gasteiger partial charge in [0.2, 0.25) is 5.91 Å². The number of amides is 2. The molecule has 1 heterocycles. The third-order valence-corrected chi connectivity index (χ3v) is 4.89. The van der Waals surface area contributed by atoms with Gasteiger partial charge in [-0.05, 0) is 37.5 Å². The summed E-state index contributed by atoms with van der Waals surface area (Å²) in [7, 11) is 1.53. The smallest absolute Gasteiger partial charge is 0.255 e. The Morgan fingerprint density at radius 3 is 2.88 bits per heavy atom. The molecule has 2 atom stereocenters. The average Bonchev–Trinajstić information content (AvgIpc) is 2.64.